The van der Waals surface area contributed by atoms with E-state index >= 15 is 0 Å². The molecule has 0 radical (unpaired) electrons. The Hall–Kier alpha value is -3.05. The van der Waals surface area contributed by atoms with E-state index in [4.69, 9.17) is 14.2 Å². The molecule has 0 saturated carbocycles. The molecule has 218 valence electrons. The summed E-state index contributed by atoms with van der Waals surface area (Å²) in [6, 6.07) is 24.8. The number of ether oxygens (including phenoxy) is 3. The van der Waals surface area contributed by atoms with E-state index in [1.54, 1.807) is 10.9 Å². The maximum atomic E-state index is 13.7. The molecule has 4 rings (SSSR count). The van der Waals surface area contributed by atoms with E-state index in [-0.39, 0.29) is 19.1 Å². The Bertz CT molecular complexity index is 1490. The quantitative estimate of drug-likeness (QED) is 0.0860. The molecular weight excluding hydrogens is 545 g/mol. The highest BCUT2D eigenvalue weighted by atomic mass is 28.3. The van der Waals surface area contributed by atoms with Crippen LogP contribution in [0.15, 0.2) is 77.9 Å². The summed E-state index contributed by atoms with van der Waals surface area (Å²) in [4.78, 5) is 18.3. The molecule has 0 aliphatic carbocycles. The molecule has 0 aliphatic rings. The summed E-state index contributed by atoms with van der Waals surface area (Å²) in [5.41, 5.74) is 4.77. The summed E-state index contributed by atoms with van der Waals surface area (Å²) < 4.78 is 19.4. The Balaban J connectivity index is 1.68. The third-order valence-electron chi connectivity index (χ3n) is 6.98. The van der Waals surface area contributed by atoms with Gasteiger partial charge in [-0.2, -0.15) is 0 Å². The molecule has 0 bridgehead atoms. The zero-order valence-electron chi connectivity index (χ0n) is 25.4. The number of rotatable bonds is 14. The van der Waals surface area contributed by atoms with Gasteiger partial charge in [0.25, 0.3) is 5.56 Å². The lowest BCUT2D eigenvalue weighted by molar-refractivity contribution is 0.0228. The predicted octanol–water partition coefficient (Wildman–Crippen LogP) is 7.66. The number of fused-ring (bicyclic) bond motifs is 1. The summed E-state index contributed by atoms with van der Waals surface area (Å²) >= 11 is 0. The number of hydrogen-bond donors (Lipinski definition) is 0. The minimum Gasteiger partial charge on any atom is -0.465 e. The molecule has 0 atom stereocenters. The van der Waals surface area contributed by atoms with Crippen molar-refractivity contribution in [3.05, 3.63) is 94.5 Å². The maximum Gasteiger partial charge on any atom is 0.263 e. The van der Waals surface area contributed by atoms with Crippen LogP contribution in [0.1, 0.15) is 11.1 Å². The van der Waals surface area contributed by atoms with Crippen LogP contribution in [0.25, 0.3) is 22.0 Å². The highest BCUT2D eigenvalue weighted by Crippen LogP contribution is 2.33. The van der Waals surface area contributed by atoms with Crippen LogP contribution in [0.5, 0.6) is 5.75 Å². The second kappa shape index (κ2) is 13.7. The summed E-state index contributed by atoms with van der Waals surface area (Å²) in [7, 11) is -2.43. The van der Waals surface area contributed by atoms with Crippen molar-refractivity contribution < 1.29 is 14.2 Å². The first-order valence-corrected chi connectivity index (χ1v) is 21.9. The van der Waals surface area contributed by atoms with Gasteiger partial charge in [-0.3, -0.25) is 9.36 Å². The lowest BCUT2D eigenvalue weighted by Gasteiger charge is -2.17. The second-order valence-electron chi connectivity index (χ2n) is 13.0. The van der Waals surface area contributed by atoms with E-state index in [1.165, 1.54) is 11.1 Å². The fourth-order valence-corrected chi connectivity index (χ4v) is 5.97. The number of nitrogens with zero attached hydrogens (tertiary/aromatic N) is 2. The topological polar surface area (TPSA) is 62.6 Å². The molecule has 0 amide bonds. The Morgan fingerprint density at radius 2 is 1.46 bits per heavy atom. The fraction of sp³-hybridized carbons (Fsp3) is 0.394. The summed E-state index contributed by atoms with van der Waals surface area (Å²) in [5.74, 6) is 0.545. The maximum absolute atomic E-state index is 13.7. The van der Waals surface area contributed by atoms with Gasteiger partial charge in [0.15, 0.2) is 6.79 Å². The van der Waals surface area contributed by atoms with Gasteiger partial charge in [0, 0.05) is 29.4 Å². The van der Waals surface area contributed by atoms with E-state index in [0.29, 0.717) is 29.9 Å². The molecule has 1 aromatic heterocycles. The lowest BCUT2D eigenvalue weighted by Crippen LogP contribution is -2.25. The third kappa shape index (κ3) is 9.23. The minimum absolute atomic E-state index is 0.110. The number of aromatic nitrogens is 2. The molecule has 41 heavy (non-hydrogen) atoms. The molecule has 1 heterocycles. The van der Waals surface area contributed by atoms with E-state index in [1.807, 2.05) is 24.3 Å². The van der Waals surface area contributed by atoms with Crippen molar-refractivity contribution >= 4 is 27.1 Å². The molecule has 0 spiro atoms. The average Bonchev–Trinajstić information content (AvgIpc) is 2.92. The monoisotopic (exact) mass is 588 g/mol. The molecule has 0 aliphatic heterocycles. The van der Waals surface area contributed by atoms with Gasteiger partial charge in [-0.25, -0.2) is 4.98 Å². The second-order valence-corrected chi connectivity index (χ2v) is 24.3. The van der Waals surface area contributed by atoms with Crippen molar-refractivity contribution in [2.75, 3.05) is 20.0 Å². The largest absolute Gasteiger partial charge is 0.465 e. The average molecular weight is 589 g/mol. The van der Waals surface area contributed by atoms with Crippen LogP contribution in [0.2, 0.25) is 51.4 Å². The molecular formula is C33H44N2O4Si2. The first-order valence-electron chi connectivity index (χ1n) is 14.4. The van der Waals surface area contributed by atoms with Crippen LogP contribution in [0.3, 0.4) is 0 Å². The van der Waals surface area contributed by atoms with Crippen LogP contribution < -0.4 is 10.3 Å². The summed E-state index contributed by atoms with van der Waals surface area (Å²) in [6.07, 6.45) is 2.34. The van der Waals surface area contributed by atoms with Gasteiger partial charge >= 0.3 is 0 Å². The Morgan fingerprint density at radius 3 is 2.17 bits per heavy atom. The van der Waals surface area contributed by atoms with Gasteiger partial charge in [-0.1, -0.05) is 93.9 Å². The van der Waals surface area contributed by atoms with Crippen LogP contribution in [-0.4, -0.2) is 45.7 Å². The third-order valence-corrected chi connectivity index (χ3v) is 10.4. The van der Waals surface area contributed by atoms with Crippen molar-refractivity contribution in [2.24, 2.45) is 0 Å². The van der Waals surface area contributed by atoms with Gasteiger partial charge in [0.1, 0.15) is 24.3 Å². The van der Waals surface area contributed by atoms with Gasteiger partial charge < -0.3 is 14.2 Å². The minimum atomic E-state index is -1.22. The summed E-state index contributed by atoms with van der Waals surface area (Å²) in [6.45, 7) is 15.5. The van der Waals surface area contributed by atoms with Crippen LogP contribution in [0, 0.1) is 0 Å². The predicted molar refractivity (Wildman–Crippen MR) is 174 cm³/mol. The molecule has 4 aromatic rings. The molecule has 0 N–H and O–H groups in total. The highest BCUT2D eigenvalue weighted by Gasteiger charge is 2.17. The summed E-state index contributed by atoms with van der Waals surface area (Å²) in [5, 5.41) is 0.505. The molecule has 0 unspecified atom stereocenters. The molecule has 0 fully saturated rings. The van der Waals surface area contributed by atoms with E-state index < -0.39 is 16.1 Å². The van der Waals surface area contributed by atoms with Crippen LogP contribution in [0.4, 0.5) is 0 Å². The van der Waals surface area contributed by atoms with Gasteiger partial charge in [0.2, 0.25) is 0 Å². The van der Waals surface area contributed by atoms with Crippen molar-refractivity contribution in [2.45, 2.75) is 64.5 Å². The Morgan fingerprint density at radius 1 is 0.805 bits per heavy atom. The van der Waals surface area contributed by atoms with Crippen LogP contribution in [-0.2, 0) is 22.6 Å². The number of benzene rings is 3. The zero-order chi connectivity index (χ0) is 29.5. The molecule has 8 heteroatoms. The van der Waals surface area contributed by atoms with Gasteiger partial charge in [0.05, 0.1) is 5.39 Å². The molecule has 3 aromatic carbocycles. The fourth-order valence-electron chi connectivity index (χ4n) is 4.45. The first-order chi connectivity index (χ1) is 19.5. The molecule has 6 nitrogen and oxygen atoms in total. The van der Waals surface area contributed by atoms with Gasteiger partial charge in [-0.15, -0.1) is 0 Å². The van der Waals surface area contributed by atoms with E-state index in [2.05, 4.69) is 86.7 Å². The van der Waals surface area contributed by atoms with E-state index in [0.717, 1.165) is 29.6 Å². The van der Waals surface area contributed by atoms with Crippen molar-refractivity contribution in [1.29, 1.82) is 0 Å². The number of hydrogen-bond acceptors (Lipinski definition) is 5. The smallest absolute Gasteiger partial charge is 0.263 e. The van der Waals surface area contributed by atoms with Crippen LogP contribution >= 0.6 is 0 Å². The van der Waals surface area contributed by atoms with Crippen molar-refractivity contribution in [3.63, 3.8) is 0 Å². The SMILES string of the molecule is C[Si](C)(C)CCOCOc1cc(-c2ccccc2Cc2ccccc2)cc2c(=O)n(COCC[Si](C)(C)C)cnc12. The van der Waals surface area contributed by atoms with Crippen molar-refractivity contribution in [1.82, 2.24) is 9.55 Å². The lowest BCUT2D eigenvalue weighted by atomic mass is 9.94. The standard InChI is InChI=1S/C33H44N2O4Si2/c1-40(2,3)18-16-37-24-35-23-34-32-30(33(35)36)21-28(22-31(32)39-25-38-17-19-41(4,5)6)29-15-11-10-14-27(29)20-26-12-8-7-9-13-26/h7-15,21-23H,16-20,24-25H2,1-6H3. The van der Waals surface area contributed by atoms with Gasteiger partial charge in [-0.05, 0) is 52.9 Å². The van der Waals surface area contributed by atoms with Crippen molar-refractivity contribution in [3.8, 4) is 16.9 Å². The zero-order valence-corrected chi connectivity index (χ0v) is 27.4. The highest BCUT2D eigenvalue weighted by molar-refractivity contribution is 6.76. The normalized spacial score (nSPS) is 12.1. The Kier molecular flexibility index (Phi) is 10.4. The van der Waals surface area contributed by atoms with E-state index in [9.17, 15) is 4.79 Å². The first kappa shape index (κ1) is 30.9. The molecule has 0 saturated heterocycles. The Labute approximate surface area is 246 Å².